The van der Waals surface area contributed by atoms with Gasteiger partial charge in [-0.2, -0.15) is 0 Å². The molecule has 0 unspecified atom stereocenters. The molecule has 1 aromatic carbocycles. The highest BCUT2D eigenvalue weighted by molar-refractivity contribution is 7.99. The second-order valence-electron chi connectivity index (χ2n) is 5.28. The van der Waals surface area contributed by atoms with Gasteiger partial charge in [0.15, 0.2) is 5.16 Å². The van der Waals surface area contributed by atoms with Gasteiger partial charge in [-0.25, -0.2) is 4.98 Å². The number of benzene rings is 1. The van der Waals surface area contributed by atoms with E-state index in [2.05, 4.69) is 10.3 Å². The normalized spacial score (nSPS) is 10.6. The van der Waals surface area contributed by atoms with E-state index in [0.717, 1.165) is 27.9 Å². The molecule has 0 saturated heterocycles. The molecule has 2 aromatic heterocycles. The topological polar surface area (TPSA) is 69.3 Å². The molecule has 6 nitrogen and oxygen atoms in total. The number of rotatable bonds is 7. The molecular formula is C18H19N3O3S. The third-order valence-corrected chi connectivity index (χ3v) is 4.70. The molecule has 0 saturated carbocycles. The molecule has 0 spiro atoms. The van der Waals surface area contributed by atoms with Crippen molar-refractivity contribution in [2.75, 3.05) is 19.9 Å². The van der Waals surface area contributed by atoms with Crippen molar-refractivity contribution in [2.45, 2.75) is 11.7 Å². The minimum atomic E-state index is -0.0384. The quantitative estimate of drug-likeness (QED) is 0.658. The van der Waals surface area contributed by atoms with Crippen molar-refractivity contribution >= 4 is 17.7 Å². The van der Waals surface area contributed by atoms with E-state index in [1.54, 1.807) is 20.4 Å². The van der Waals surface area contributed by atoms with Crippen LogP contribution >= 0.6 is 11.8 Å². The van der Waals surface area contributed by atoms with Crippen molar-refractivity contribution < 1.29 is 13.9 Å². The predicted octanol–water partition coefficient (Wildman–Crippen LogP) is 3.04. The van der Waals surface area contributed by atoms with Gasteiger partial charge in [-0.15, -0.1) is 0 Å². The highest BCUT2D eigenvalue weighted by Gasteiger charge is 2.15. The van der Waals surface area contributed by atoms with E-state index in [4.69, 9.17) is 9.15 Å². The molecule has 1 N–H and O–H groups in total. The number of amides is 1. The Labute approximate surface area is 150 Å². The van der Waals surface area contributed by atoms with Crippen LogP contribution < -0.4 is 10.1 Å². The van der Waals surface area contributed by atoms with Crippen LogP contribution in [0, 0.1) is 0 Å². The third-order valence-electron chi connectivity index (χ3n) is 3.71. The van der Waals surface area contributed by atoms with Gasteiger partial charge in [0, 0.05) is 12.6 Å². The molecule has 130 valence electrons. The van der Waals surface area contributed by atoms with E-state index in [1.807, 2.05) is 47.2 Å². The van der Waals surface area contributed by atoms with Crippen LogP contribution in [0.4, 0.5) is 0 Å². The summed E-state index contributed by atoms with van der Waals surface area (Å²) in [5.41, 5.74) is 1.98. The number of carbonyl (C=O) groups is 1. The van der Waals surface area contributed by atoms with Crippen LogP contribution in [0.25, 0.3) is 11.3 Å². The molecule has 0 radical (unpaired) electrons. The van der Waals surface area contributed by atoms with Gasteiger partial charge in [-0.1, -0.05) is 11.8 Å². The number of hydrogen-bond acceptors (Lipinski definition) is 5. The van der Waals surface area contributed by atoms with Gasteiger partial charge in [0.25, 0.3) is 0 Å². The number of nitrogens with one attached hydrogen (secondary N) is 1. The van der Waals surface area contributed by atoms with Crippen LogP contribution in [0.5, 0.6) is 5.75 Å². The summed E-state index contributed by atoms with van der Waals surface area (Å²) in [6.07, 6.45) is 3.47. The van der Waals surface area contributed by atoms with Crippen LogP contribution in [0.2, 0.25) is 0 Å². The Kier molecular flexibility index (Phi) is 5.45. The first-order valence-electron chi connectivity index (χ1n) is 7.77. The zero-order chi connectivity index (χ0) is 17.6. The molecule has 25 heavy (non-hydrogen) atoms. The maximum atomic E-state index is 11.6. The van der Waals surface area contributed by atoms with E-state index < -0.39 is 0 Å². The second kappa shape index (κ2) is 7.94. The van der Waals surface area contributed by atoms with Crippen LogP contribution in [0.15, 0.2) is 58.4 Å². The minimum Gasteiger partial charge on any atom is -0.497 e. The number of hydrogen-bond donors (Lipinski definition) is 1. The lowest BCUT2D eigenvalue weighted by molar-refractivity contribution is -0.118. The summed E-state index contributed by atoms with van der Waals surface area (Å²) in [5, 5.41) is 3.39. The molecule has 2 heterocycles. The largest absolute Gasteiger partial charge is 0.497 e. The zero-order valence-electron chi connectivity index (χ0n) is 14.1. The molecule has 1 amide bonds. The summed E-state index contributed by atoms with van der Waals surface area (Å²) < 4.78 is 12.7. The lowest BCUT2D eigenvalue weighted by Crippen LogP contribution is -2.20. The van der Waals surface area contributed by atoms with Gasteiger partial charge in [0.2, 0.25) is 5.91 Å². The summed E-state index contributed by atoms with van der Waals surface area (Å²) in [6.45, 7) is 0.546. The van der Waals surface area contributed by atoms with Crippen LogP contribution in [0.3, 0.4) is 0 Å². The molecular weight excluding hydrogens is 338 g/mol. The first-order valence-corrected chi connectivity index (χ1v) is 8.75. The Morgan fingerprint density at radius 1 is 1.32 bits per heavy atom. The summed E-state index contributed by atoms with van der Waals surface area (Å²) in [6, 6.07) is 11.6. The smallest absolute Gasteiger partial charge is 0.230 e. The lowest BCUT2D eigenvalue weighted by atomic mass is 10.1. The van der Waals surface area contributed by atoms with Gasteiger partial charge in [-0.05, 0) is 36.4 Å². The Hall–Kier alpha value is -2.67. The van der Waals surface area contributed by atoms with Crippen molar-refractivity contribution in [3.05, 3.63) is 54.6 Å². The van der Waals surface area contributed by atoms with Crippen molar-refractivity contribution in [1.29, 1.82) is 0 Å². The molecule has 3 aromatic rings. The standard InChI is InChI=1S/C18H19N3O3S/c1-19-17(22)12-25-18-20-10-16(13-5-7-14(23-2)8-6-13)21(18)11-15-4-3-9-24-15/h3-10H,11-12H2,1-2H3,(H,19,22). The van der Waals surface area contributed by atoms with Crippen molar-refractivity contribution in [3.63, 3.8) is 0 Å². The fraction of sp³-hybridized carbons (Fsp3) is 0.222. The van der Waals surface area contributed by atoms with Gasteiger partial charge in [-0.3, -0.25) is 4.79 Å². The molecule has 0 atom stereocenters. The highest BCUT2D eigenvalue weighted by atomic mass is 32.2. The summed E-state index contributed by atoms with van der Waals surface area (Å²) in [5.74, 6) is 1.90. The second-order valence-corrected chi connectivity index (χ2v) is 6.22. The Morgan fingerprint density at radius 3 is 2.76 bits per heavy atom. The van der Waals surface area contributed by atoms with E-state index in [-0.39, 0.29) is 5.91 Å². The predicted molar refractivity (Wildman–Crippen MR) is 96.8 cm³/mol. The maximum Gasteiger partial charge on any atom is 0.230 e. The van der Waals surface area contributed by atoms with Gasteiger partial charge in [0.1, 0.15) is 11.5 Å². The molecule has 0 fully saturated rings. The van der Waals surface area contributed by atoms with Crippen LogP contribution in [-0.4, -0.2) is 35.4 Å². The summed E-state index contributed by atoms with van der Waals surface area (Å²) in [7, 11) is 3.27. The van der Waals surface area contributed by atoms with Crippen molar-refractivity contribution in [3.8, 4) is 17.0 Å². The zero-order valence-corrected chi connectivity index (χ0v) is 14.9. The van der Waals surface area contributed by atoms with Gasteiger partial charge >= 0.3 is 0 Å². The van der Waals surface area contributed by atoms with E-state index in [0.29, 0.717) is 12.3 Å². The number of aromatic nitrogens is 2. The highest BCUT2D eigenvalue weighted by Crippen LogP contribution is 2.28. The molecule has 0 aliphatic heterocycles. The Balaban J connectivity index is 1.92. The molecule has 0 aliphatic carbocycles. The van der Waals surface area contributed by atoms with Crippen molar-refractivity contribution in [1.82, 2.24) is 14.9 Å². The maximum absolute atomic E-state index is 11.6. The number of furan rings is 1. The molecule has 0 bridgehead atoms. The SMILES string of the molecule is CNC(=O)CSc1ncc(-c2ccc(OC)cc2)n1Cc1ccco1. The van der Waals surface area contributed by atoms with Crippen LogP contribution in [0.1, 0.15) is 5.76 Å². The minimum absolute atomic E-state index is 0.0384. The first-order chi connectivity index (χ1) is 12.2. The fourth-order valence-corrected chi connectivity index (χ4v) is 3.23. The molecule has 3 rings (SSSR count). The molecule has 0 aliphatic rings. The number of carbonyl (C=O) groups excluding carboxylic acids is 1. The number of imidazole rings is 1. The molecule has 7 heteroatoms. The monoisotopic (exact) mass is 357 g/mol. The van der Waals surface area contributed by atoms with Gasteiger partial charge in [0.05, 0.1) is 37.6 Å². The Morgan fingerprint density at radius 2 is 2.12 bits per heavy atom. The number of ether oxygens (including phenoxy) is 1. The third kappa shape index (κ3) is 4.06. The summed E-state index contributed by atoms with van der Waals surface area (Å²) >= 11 is 1.40. The fourth-order valence-electron chi connectivity index (χ4n) is 2.38. The average molecular weight is 357 g/mol. The van der Waals surface area contributed by atoms with Gasteiger partial charge < -0.3 is 19.0 Å². The summed E-state index contributed by atoms with van der Waals surface area (Å²) in [4.78, 5) is 16.1. The lowest BCUT2D eigenvalue weighted by Gasteiger charge is -2.11. The van der Waals surface area contributed by atoms with E-state index in [9.17, 15) is 4.79 Å². The number of thioether (sulfide) groups is 1. The van der Waals surface area contributed by atoms with Crippen LogP contribution in [-0.2, 0) is 11.3 Å². The number of nitrogens with zero attached hydrogens (tertiary/aromatic N) is 2. The first kappa shape index (κ1) is 17.2. The Bertz CT molecular complexity index is 826. The average Bonchev–Trinajstić information content (AvgIpc) is 3.30. The van der Waals surface area contributed by atoms with Crippen molar-refractivity contribution in [2.24, 2.45) is 0 Å². The number of methoxy groups -OCH3 is 1. The van der Waals surface area contributed by atoms with E-state index in [1.165, 1.54) is 11.8 Å². The van der Waals surface area contributed by atoms with E-state index >= 15 is 0 Å².